The molecule has 9 nitrogen and oxygen atoms in total. The average Bonchev–Trinajstić information content (AvgIpc) is 2.96. The van der Waals surface area contributed by atoms with Crippen LogP contribution in [0.3, 0.4) is 0 Å². The molecule has 0 atom stereocenters. The zero-order valence-corrected chi connectivity index (χ0v) is 12.3. The first-order valence-corrected chi connectivity index (χ1v) is 6.97. The molecule has 22 heavy (non-hydrogen) atoms. The maximum absolute atomic E-state index is 12.2. The second kappa shape index (κ2) is 6.92. The van der Waals surface area contributed by atoms with Gasteiger partial charge in [-0.15, -0.1) is 0 Å². The van der Waals surface area contributed by atoms with Crippen molar-refractivity contribution in [2.45, 2.75) is 13.5 Å². The lowest BCUT2D eigenvalue weighted by atomic mass is 10.3. The van der Waals surface area contributed by atoms with E-state index in [9.17, 15) is 14.4 Å². The molecule has 0 bridgehead atoms. The van der Waals surface area contributed by atoms with E-state index in [0.717, 1.165) is 4.68 Å². The molecule has 9 heteroatoms. The first kappa shape index (κ1) is 15.8. The molecule has 0 aliphatic carbocycles. The highest BCUT2D eigenvalue weighted by Gasteiger charge is 2.25. The summed E-state index contributed by atoms with van der Waals surface area (Å²) in [4.78, 5) is 37.9. The van der Waals surface area contributed by atoms with Crippen molar-refractivity contribution in [3.05, 3.63) is 18.0 Å². The monoisotopic (exact) mass is 310 g/mol. The van der Waals surface area contributed by atoms with Gasteiger partial charge in [0.2, 0.25) is 5.91 Å². The number of piperazine rings is 1. The van der Waals surface area contributed by atoms with E-state index in [0.29, 0.717) is 32.8 Å². The highest BCUT2D eigenvalue weighted by atomic mass is 16.6. The molecule has 1 saturated heterocycles. The Morgan fingerprint density at radius 3 is 2.45 bits per heavy atom. The van der Waals surface area contributed by atoms with Gasteiger partial charge in [-0.25, -0.2) is 14.3 Å². The van der Waals surface area contributed by atoms with E-state index in [1.54, 1.807) is 16.7 Å². The summed E-state index contributed by atoms with van der Waals surface area (Å²) in [6.07, 6.45) is 0.963. The highest BCUT2D eigenvalue weighted by molar-refractivity contribution is 5.86. The Morgan fingerprint density at radius 1 is 1.23 bits per heavy atom. The molecule has 2 amide bonds. The van der Waals surface area contributed by atoms with Crippen molar-refractivity contribution in [1.82, 2.24) is 19.6 Å². The molecule has 1 aliphatic heterocycles. The van der Waals surface area contributed by atoms with Gasteiger partial charge in [0.15, 0.2) is 0 Å². The summed E-state index contributed by atoms with van der Waals surface area (Å²) in [6.45, 7) is 3.50. The van der Waals surface area contributed by atoms with E-state index >= 15 is 0 Å². The van der Waals surface area contributed by atoms with E-state index in [2.05, 4.69) is 5.10 Å². The van der Waals surface area contributed by atoms with Crippen LogP contribution >= 0.6 is 0 Å². The maximum atomic E-state index is 12.2. The number of amides is 2. The van der Waals surface area contributed by atoms with Crippen LogP contribution in [0.2, 0.25) is 0 Å². The number of carboxylic acids is 1. The smallest absolute Gasteiger partial charge is 0.409 e. The normalized spacial score (nSPS) is 14.8. The summed E-state index contributed by atoms with van der Waals surface area (Å²) in [5.74, 6) is -1.35. The molecule has 1 aromatic rings. The van der Waals surface area contributed by atoms with Crippen LogP contribution in [0.25, 0.3) is 0 Å². The van der Waals surface area contributed by atoms with Gasteiger partial charge >= 0.3 is 12.1 Å². The Balaban J connectivity index is 1.89. The number of nitrogens with zero attached hydrogens (tertiary/aromatic N) is 4. The summed E-state index contributed by atoms with van der Waals surface area (Å²) in [5.41, 5.74) is -0.0292. The summed E-state index contributed by atoms with van der Waals surface area (Å²) in [5, 5.41) is 12.8. The second-order valence-corrected chi connectivity index (χ2v) is 4.75. The minimum atomic E-state index is -1.13. The Bertz CT molecular complexity index is 563. The third-order valence-corrected chi connectivity index (χ3v) is 3.38. The van der Waals surface area contributed by atoms with E-state index in [4.69, 9.17) is 9.84 Å². The van der Waals surface area contributed by atoms with Gasteiger partial charge in [-0.3, -0.25) is 4.79 Å². The van der Waals surface area contributed by atoms with E-state index < -0.39 is 5.97 Å². The Morgan fingerprint density at radius 2 is 1.86 bits per heavy atom. The fraction of sp³-hybridized carbons (Fsp3) is 0.538. The third kappa shape index (κ3) is 3.54. The number of aromatic nitrogens is 2. The van der Waals surface area contributed by atoms with Gasteiger partial charge in [-0.05, 0) is 13.0 Å². The molecule has 1 fully saturated rings. The third-order valence-electron chi connectivity index (χ3n) is 3.38. The number of carboxylic acid groups (broad SMARTS) is 1. The molecule has 0 unspecified atom stereocenters. The van der Waals surface area contributed by atoms with Gasteiger partial charge in [-0.1, -0.05) is 0 Å². The number of hydrogen-bond donors (Lipinski definition) is 1. The van der Waals surface area contributed by atoms with Crippen LogP contribution < -0.4 is 0 Å². The van der Waals surface area contributed by atoms with Crippen LogP contribution in [0.15, 0.2) is 12.3 Å². The van der Waals surface area contributed by atoms with Crippen molar-refractivity contribution in [3.8, 4) is 0 Å². The molecule has 1 N–H and O–H groups in total. The van der Waals surface area contributed by atoms with Gasteiger partial charge < -0.3 is 19.6 Å². The number of carbonyl (C=O) groups excluding carboxylic acids is 2. The molecule has 0 spiro atoms. The van der Waals surface area contributed by atoms with Gasteiger partial charge in [0.1, 0.15) is 12.2 Å². The number of rotatable bonds is 4. The molecule has 1 aromatic heterocycles. The first-order chi connectivity index (χ1) is 10.5. The predicted molar refractivity (Wildman–Crippen MR) is 74.4 cm³/mol. The van der Waals surface area contributed by atoms with Crippen molar-refractivity contribution in [1.29, 1.82) is 0 Å². The highest BCUT2D eigenvalue weighted by Crippen LogP contribution is 2.06. The van der Waals surface area contributed by atoms with Gasteiger partial charge in [0.25, 0.3) is 0 Å². The predicted octanol–water partition coefficient (Wildman–Crippen LogP) is -0.118. The summed E-state index contributed by atoms with van der Waals surface area (Å²) >= 11 is 0. The first-order valence-electron chi connectivity index (χ1n) is 6.97. The summed E-state index contributed by atoms with van der Waals surface area (Å²) in [6, 6.07) is 1.34. The van der Waals surface area contributed by atoms with Crippen LogP contribution in [-0.4, -0.2) is 75.4 Å². The zero-order chi connectivity index (χ0) is 16.1. The fourth-order valence-corrected chi connectivity index (χ4v) is 2.22. The standard InChI is InChI=1S/C13H18N4O5/c1-2-22-13(21)16-7-5-15(6-8-16)11(18)9-17-10(12(19)20)3-4-14-17/h3-4H,2,5-9H2,1H3,(H,19,20). The lowest BCUT2D eigenvalue weighted by molar-refractivity contribution is -0.133. The van der Waals surface area contributed by atoms with E-state index in [-0.39, 0.29) is 24.2 Å². The maximum Gasteiger partial charge on any atom is 0.409 e. The largest absolute Gasteiger partial charge is 0.477 e. The lowest BCUT2D eigenvalue weighted by Crippen LogP contribution is -2.51. The summed E-state index contributed by atoms with van der Waals surface area (Å²) < 4.78 is 6.06. The van der Waals surface area contributed by atoms with Crippen LogP contribution in [0.5, 0.6) is 0 Å². The van der Waals surface area contributed by atoms with Crippen molar-refractivity contribution in [2.24, 2.45) is 0 Å². The molecule has 0 radical (unpaired) electrons. The van der Waals surface area contributed by atoms with Crippen LogP contribution in [0.1, 0.15) is 17.4 Å². The quantitative estimate of drug-likeness (QED) is 0.831. The van der Waals surface area contributed by atoms with Crippen molar-refractivity contribution >= 4 is 18.0 Å². The molecule has 1 aliphatic rings. The van der Waals surface area contributed by atoms with Crippen LogP contribution in [0, 0.1) is 0 Å². The molecule has 0 aromatic carbocycles. The van der Waals surface area contributed by atoms with Crippen molar-refractivity contribution < 1.29 is 24.2 Å². The fourth-order valence-electron chi connectivity index (χ4n) is 2.22. The second-order valence-electron chi connectivity index (χ2n) is 4.75. The van der Waals surface area contributed by atoms with Gasteiger partial charge in [0.05, 0.1) is 6.61 Å². The van der Waals surface area contributed by atoms with Gasteiger partial charge in [-0.2, -0.15) is 5.10 Å². The number of ether oxygens (including phenoxy) is 1. The minimum Gasteiger partial charge on any atom is -0.477 e. The Labute approximate surface area is 127 Å². The number of carbonyl (C=O) groups is 3. The molecule has 2 heterocycles. The minimum absolute atomic E-state index is 0.0292. The SMILES string of the molecule is CCOC(=O)N1CCN(C(=O)Cn2nccc2C(=O)O)CC1. The van der Waals surface area contributed by atoms with Gasteiger partial charge in [0, 0.05) is 32.4 Å². The molecular weight excluding hydrogens is 292 g/mol. The summed E-state index contributed by atoms with van der Waals surface area (Å²) in [7, 11) is 0. The Hall–Kier alpha value is -2.58. The number of hydrogen-bond acceptors (Lipinski definition) is 5. The Kier molecular flexibility index (Phi) is 4.97. The molecule has 2 rings (SSSR count). The molecular formula is C13H18N4O5. The topological polar surface area (TPSA) is 105 Å². The van der Waals surface area contributed by atoms with E-state index in [1.165, 1.54) is 12.3 Å². The van der Waals surface area contributed by atoms with Crippen molar-refractivity contribution in [2.75, 3.05) is 32.8 Å². The average molecular weight is 310 g/mol. The van der Waals surface area contributed by atoms with Crippen LogP contribution in [-0.2, 0) is 16.1 Å². The van der Waals surface area contributed by atoms with Crippen molar-refractivity contribution in [3.63, 3.8) is 0 Å². The van der Waals surface area contributed by atoms with Crippen LogP contribution in [0.4, 0.5) is 4.79 Å². The molecule has 0 saturated carbocycles. The zero-order valence-electron chi connectivity index (χ0n) is 12.3. The molecule has 120 valence electrons. The number of aromatic carboxylic acids is 1. The van der Waals surface area contributed by atoms with E-state index in [1.807, 2.05) is 0 Å². The lowest BCUT2D eigenvalue weighted by Gasteiger charge is -2.34.